The summed E-state index contributed by atoms with van der Waals surface area (Å²) in [5, 5.41) is 9.57. The second-order valence-corrected chi connectivity index (χ2v) is 6.74. The highest BCUT2D eigenvalue weighted by molar-refractivity contribution is 7.88. The zero-order chi connectivity index (χ0) is 15.2. The molecule has 0 heterocycles. The number of nitrogens with two attached hydrogens (primary N) is 1. The van der Waals surface area contributed by atoms with E-state index in [0.717, 1.165) is 9.87 Å². The zero-order valence-corrected chi connectivity index (χ0v) is 12.6. The van der Waals surface area contributed by atoms with Crippen molar-refractivity contribution < 1.29 is 18.3 Å². The molecule has 7 heteroatoms. The lowest BCUT2D eigenvalue weighted by molar-refractivity contribution is 0.0554. The van der Waals surface area contributed by atoms with E-state index in [4.69, 9.17) is 10.5 Å². The molecule has 20 heavy (non-hydrogen) atoms. The summed E-state index contributed by atoms with van der Waals surface area (Å²) >= 11 is 0. The summed E-state index contributed by atoms with van der Waals surface area (Å²) < 4.78 is 30.2. The van der Waals surface area contributed by atoms with Crippen molar-refractivity contribution in [1.29, 1.82) is 0 Å². The SMILES string of the molecule is COCC(O)CN(C)S(=O)(=O)Cc1ccc(CN)cc1. The van der Waals surface area contributed by atoms with Crippen LogP contribution in [0.25, 0.3) is 0 Å². The number of hydrogen-bond donors (Lipinski definition) is 2. The smallest absolute Gasteiger partial charge is 0.218 e. The first-order chi connectivity index (χ1) is 9.39. The minimum Gasteiger partial charge on any atom is -0.389 e. The van der Waals surface area contributed by atoms with Crippen molar-refractivity contribution in [2.45, 2.75) is 18.4 Å². The van der Waals surface area contributed by atoms with Gasteiger partial charge in [0.15, 0.2) is 0 Å². The lowest BCUT2D eigenvalue weighted by atomic mass is 10.1. The van der Waals surface area contributed by atoms with Crippen molar-refractivity contribution in [3.05, 3.63) is 35.4 Å². The van der Waals surface area contributed by atoms with Gasteiger partial charge in [-0.15, -0.1) is 0 Å². The molecule has 0 amide bonds. The molecule has 0 aliphatic rings. The van der Waals surface area contributed by atoms with Gasteiger partial charge in [0.2, 0.25) is 10.0 Å². The molecule has 1 rings (SSSR count). The number of methoxy groups -OCH3 is 1. The molecule has 0 bridgehead atoms. The fourth-order valence-corrected chi connectivity index (χ4v) is 2.98. The number of aliphatic hydroxyl groups is 1. The number of benzene rings is 1. The van der Waals surface area contributed by atoms with Crippen LogP contribution in [0.4, 0.5) is 0 Å². The number of hydrogen-bond acceptors (Lipinski definition) is 5. The summed E-state index contributed by atoms with van der Waals surface area (Å²) in [5.41, 5.74) is 7.14. The van der Waals surface area contributed by atoms with Gasteiger partial charge in [0.25, 0.3) is 0 Å². The Kier molecular flexibility index (Phi) is 6.57. The van der Waals surface area contributed by atoms with Crippen LogP contribution in [0.3, 0.4) is 0 Å². The lowest BCUT2D eigenvalue weighted by Crippen LogP contribution is -2.36. The average molecular weight is 302 g/mol. The standard InChI is InChI=1S/C13H22N2O4S/c1-15(8-13(16)9-19-2)20(17,18)10-12-5-3-11(7-14)4-6-12/h3-6,13,16H,7-10,14H2,1-2H3. The zero-order valence-electron chi connectivity index (χ0n) is 11.8. The van der Waals surface area contributed by atoms with Crippen molar-refractivity contribution in [2.24, 2.45) is 5.73 Å². The maximum Gasteiger partial charge on any atom is 0.218 e. The maximum atomic E-state index is 12.1. The van der Waals surface area contributed by atoms with Crippen molar-refractivity contribution in [3.63, 3.8) is 0 Å². The van der Waals surface area contributed by atoms with Crippen LogP contribution in [-0.4, -0.2) is 51.2 Å². The largest absolute Gasteiger partial charge is 0.389 e. The third-order valence-electron chi connectivity index (χ3n) is 2.91. The Morgan fingerprint density at radius 3 is 2.35 bits per heavy atom. The van der Waals surface area contributed by atoms with Crippen molar-refractivity contribution >= 4 is 10.0 Å². The molecule has 1 aromatic rings. The summed E-state index contributed by atoms with van der Waals surface area (Å²) in [5.74, 6) is -0.103. The van der Waals surface area contributed by atoms with Gasteiger partial charge in [0, 0.05) is 27.2 Å². The van der Waals surface area contributed by atoms with Crippen molar-refractivity contribution in [2.75, 3.05) is 27.3 Å². The van der Waals surface area contributed by atoms with Crippen LogP contribution in [0.1, 0.15) is 11.1 Å². The number of rotatable bonds is 8. The van der Waals surface area contributed by atoms with Gasteiger partial charge in [0.05, 0.1) is 18.5 Å². The Morgan fingerprint density at radius 1 is 1.30 bits per heavy atom. The van der Waals surface area contributed by atoms with Crippen LogP contribution in [0.5, 0.6) is 0 Å². The van der Waals surface area contributed by atoms with Crippen LogP contribution in [0.2, 0.25) is 0 Å². The molecule has 0 radical (unpaired) electrons. The topological polar surface area (TPSA) is 92.9 Å². The minimum atomic E-state index is -3.46. The maximum absolute atomic E-state index is 12.1. The van der Waals surface area contributed by atoms with Crippen molar-refractivity contribution in [1.82, 2.24) is 4.31 Å². The van der Waals surface area contributed by atoms with E-state index in [1.54, 1.807) is 12.1 Å². The predicted octanol–water partition coefficient (Wildman–Crippen LogP) is -0.0858. The first kappa shape index (κ1) is 17.1. The summed E-state index contributed by atoms with van der Waals surface area (Å²) in [6.45, 7) is 0.540. The number of sulfonamides is 1. The summed E-state index contributed by atoms with van der Waals surface area (Å²) in [7, 11) is -0.558. The summed E-state index contributed by atoms with van der Waals surface area (Å²) in [4.78, 5) is 0. The Balaban J connectivity index is 2.67. The van der Waals surface area contributed by atoms with Gasteiger partial charge in [-0.25, -0.2) is 12.7 Å². The fourth-order valence-electron chi connectivity index (χ4n) is 1.75. The first-order valence-electron chi connectivity index (χ1n) is 6.28. The molecule has 0 aromatic heterocycles. The predicted molar refractivity (Wildman–Crippen MR) is 77.5 cm³/mol. The van der Waals surface area contributed by atoms with E-state index in [-0.39, 0.29) is 18.9 Å². The molecule has 1 aromatic carbocycles. The minimum absolute atomic E-state index is 0.0110. The molecule has 0 aliphatic carbocycles. The molecule has 0 spiro atoms. The molecule has 1 unspecified atom stereocenters. The summed E-state index contributed by atoms with van der Waals surface area (Å²) in [6.07, 6.45) is -0.834. The quantitative estimate of drug-likeness (QED) is 0.700. The molecule has 114 valence electrons. The monoisotopic (exact) mass is 302 g/mol. The molecule has 0 aliphatic heterocycles. The highest BCUT2D eigenvalue weighted by atomic mass is 32.2. The van der Waals surface area contributed by atoms with Gasteiger partial charge >= 0.3 is 0 Å². The van der Waals surface area contributed by atoms with Crippen LogP contribution in [0.15, 0.2) is 24.3 Å². The third kappa shape index (κ3) is 5.18. The Labute approximate surface area is 120 Å². The van der Waals surface area contributed by atoms with Gasteiger partial charge in [-0.3, -0.25) is 0 Å². The highest BCUT2D eigenvalue weighted by Gasteiger charge is 2.21. The Morgan fingerprint density at radius 2 is 1.85 bits per heavy atom. The van der Waals surface area contributed by atoms with Gasteiger partial charge in [-0.1, -0.05) is 24.3 Å². The normalized spacial score (nSPS) is 13.7. The second-order valence-electron chi connectivity index (χ2n) is 4.67. The molecular formula is C13H22N2O4S. The van der Waals surface area contributed by atoms with E-state index in [0.29, 0.717) is 12.1 Å². The highest BCUT2D eigenvalue weighted by Crippen LogP contribution is 2.11. The van der Waals surface area contributed by atoms with Gasteiger partial charge in [0.1, 0.15) is 0 Å². The molecule has 0 fully saturated rings. The van der Waals surface area contributed by atoms with Gasteiger partial charge in [-0.05, 0) is 11.1 Å². The van der Waals surface area contributed by atoms with Crippen LogP contribution < -0.4 is 5.73 Å². The number of likely N-dealkylation sites (N-methyl/N-ethyl adjacent to an activating group) is 1. The molecule has 0 saturated carbocycles. The Bertz CT molecular complexity index is 502. The van der Waals surface area contributed by atoms with E-state index in [2.05, 4.69) is 0 Å². The van der Waals surface area contributed by atoms with Crippen LogP contribution in [-0.2, 0) is 27.1 Å². The van der Waals surface area contributed by atoms with Crippen molar-refractivity contribution in [3.8, 4) is 0 Å². The average Bonchev–Trinajstić information content (AvgIpc) is 2.39. The van der Waals surface area contributed by atoms with Crippen LogP contribution in [0, 0.1) is 0 Å². The Hall–Kier alpha value is -0.990. The number of ether oxygens (including phenoxy) is 1. The number of nitrogens with zero attached hydrogens (tertiary/aromatic N) is 1. The van der Waals surface area contributed by atoms with Gasteiger partial charge in [-0.2, -0.15) is 0 Å². The third-order valence-corrected chi connectivity index (χ3v) is 4.71. The molecule has 6 nitrogen and oxygen atoms in total. The van der Waals surface area contributed by atoms with E-state index < -0.39 is 16.1 Å². The second kappa shape index (κ2) is 7.70. The molecule has 1 atom stereocenters. The fraction of sp³-hybridized carbons (Fsp3) is 0.538. The van der Waals surface area contributed by atoms with E-state index in [9.17, 15) is 13.5 Å². The number of aliphatic hydroxyl groups excluding tert-OH is 1. The molecule has 0 saturated heterocycles. The van der Waals surface area contributed by atoms with E-state index in [1.165, 1.54) is 14.2 Å². The van der Waals surface area contributed by atoms with E-state index >= 15 is 0 Å². The molecule has 3 N–H and O–H groups in total. The van der Waals surface area contributed by atoms with Gasteiger partial charge < -0.3 is 15.6 Å². The first-order valence-corrected chi connectivity index (χ1v) is 7.89. The molecular weight excluding hydrogens is 280 g/mol. The van der Waals surface area contributed by atoms with E-state index in [1.807, 2.05) is 12.1 Å². The lowest BCUT2D eigenvalue weighted by Gasteiger charge is -2.20. The van der Waals surface area contributed by atoms with Crippen LogP contribution >= 0.6 is 0 Å². The summed E-state index contributed by atoms with van der Waals surface area (Å²) in [6, 6.07) is 7.12.